The summed E-state index contributed by atoms with van der Waals surface area (Å²) < 4.78 is 66.4. The van der Waals surface area contributed by atoms with E-state index in [1.807, 2.05) is 0 Å². The van der Waals surface area contributed by atoms with Crippen LogP contribution in [0.4, 0.5) is 18.9 Å². The molecule has 0 bridgehead atoms. The first-order chi connectivity index (χ1) is 14.9. The van der Waals surface area contributed by atoms with Gasteiger partial charge in [-0.25, -0.2) is 23.4 Å². The van der Waals surface area contributed by atoms with Gasteiger partial charge in [0.2, 0.25) is 0 Å². The Balaban J connectivity index is 1.88. The third-order valence-electron chi connectivity index (χ3n) is 5.54. The number of aryl methyl sites for hydroxylation is 1. The van der Waals surface area contributed by atoms with E-state index in [-0.39, 0.29) is 33.6 Å². The lowest BCUT2D eigenvalue weighted by molar-refractivity contribution is -0.141. The number of anilines is 1. The molecule has 0 amide bonds. The third-order valence-corrected chi connectivity index (χ3v) is 7.28. The van der Waals surface area contributed by atoms with Gasteiger partial charge in [0.05, 0.1) is 39.8 Å². The molecule has 0 saturated heterocycles. The lowest BCUT2D eigenvalue weighted by Gasteiger charge is -2.21. The van der Waals surface area contributed by atoms with Crippen LogP contribution in [-0.2, 0) is 23.1 Å². The van der Waals surface area contributed by atoms with Crippen LogP contribution < -0.4 is 4.90 Å². The Hall–Kier alpha value is -3.02. The van der Waals surface area contributed by atoms with E-state index in [9.17, 15) is 21.6 Å². The van der Waals surface area contributed by atoms with Crippen molar-refractivity contribution in [2.24, 2.45) is 13.0 Å². The molecule has 0 aliphatic heterocycles. The minimum atomic E-state index is -4.63. The maximum absolute atomic E-state index is 13.0. The van der Waals surface area contributed by atoms with Crippen LogP contribution in [0.5, 0.6) is 0 Å². The van der Waals surface area contributed by atoms with Crippen LogP contribution in [0, 0.1) is 11.3 Å². The van der Waals surface area contributed by atoms with Gasteiger partial charge in [0, 0.05) is 20.0 Å². The summed E-state index contributed by atoms with van der Waals surface area (Å²) in [6.07, 6.45) is -0.286. The number of imidazole rings is 1. The lowest BCUT2D eigenvalue weighted by Crippen LogP contribution is -2.27. The van der Waals surface area contributed by atoms with Gasteiger partial charge in [-0.3, -0.25) is 5.41 Å². The second kappa shape index (κ2) is 7.54. The van der Waals surface area contributed by atoms with Crippen LogP contribution in [0.2, 0.25) is 0 Å². The fraction of sp³-hybridized carbons (Fsp3) is 0.400. The highest BCUT2D eigenvalue weighted by molar-refractivity contribution is 7.91. The van der Waals surface area contributed by atoms with E-state index in [2.05, 4.69) is 15.0 Å². The molecule has 0 unspecified atom stereocenters. The number of fused-ring (bicyclic) bond motifs is 1. The van der Waals surface area contributed by atoms with Crippen LogP contribution in [0.15, 0.2) is 29.4 Å². The molecule has 0 aromatic carbocycles. The van der Waals surface area contributed by atoms with Gasteiger partial charge in [-0.2, -0.15) is 13.2 Å². The summed E-state index contributed by atoms with van der Waals surface area (Å²) in [7, 11) is -0.516. The van der Waals surface area contributed by atoms with Crippen molar-refractivity contribution in [3.63, 3.8) is 0 Å². The van der Waals surface area contributed by atoms with Crippen molar-refractivity contribution in [2.75, 3.05) is 17.7 Å². The van der Waals surface area contributed by atoms with Gasteiger partial charge in [0.15, 0.2) is 15.7 Å². The molecule has 3 aromatic heterocycles. The minimum Gasteiger partial charge on any atom is -0.332 e. The highest BCUT2D eigenvalue weighted by Crippen LogP contribution is 2.35. The topological polar surface area (TPSA) is 105 Å². The Morgan fingerprint density at radius 2 is 1.94 bits per heavy atom. The molecule has 0 atom stereocenters. The van der Waals surface area contributed by atoms with Gasteiger partial charge in [0.25, 0.3) is 0 Å². The van der Waals surface area contributed by atoms with Crippen LogP contribution >= 0.6 is 0 Å². The second-order valence-electron chi connectivity index (χ2n) is 7.71. The van der Waals surface area contributed by atoms with Crippen molar-refractivity contribution in [3.05, 3.63) is 30.2 Å². The average Bonchev–Trinajstić information content (AvgIpc) is 3.55. The molecule has 170 valence electrons. The molecule has 0 radical (unpaired) electrons. The van der Waals surface area contributed by atoms with Crippen molar-refractivity contribution in [1.29, 1.82) is 5.41 Å². The first-order valence-corrected chi connectivity index (χ1v) is 11.5. The van der Waals surface area contributed by atoms with Crippen molar-refractivity contribution in [1.82, 2.24) is 19.5 Å². The van der Waals surface area contributed by atoms with E-state index in [0.717, 1.165) is 25.1 Å². The van der Waals surface area contributed by atoms with Crippen molar-refractivity contribution >= 4 is 32.4 Å². The number of nitrogens with one attached hydrogen (secondary N) is 1. The highest BCUT2D eigenvalue weighted by Gasteiger charge is 2.34. The van der Waals surface area contributed by atoms with E-state index in [1.54, 1.807) is 19.0 Å². The van der Waals surface area contributed by atoms with Crippen molar-refractivity contribution < 1.29 is 21.6 Å². The summed E-state index contributed by atoms with van der Waals surface area (Å²) in [5.41, 5.74) is -0.263. The number of aromatic nitrogens is 4. The zero-order valence-corrected chi connectivity index (χ0v) is 18.4. The molecule has 0 spiro atoms. The van der Waals surface area contributed by atoms with E-state index in [4.69, 9.17) is 5.41 Å². The van der Waals surface area contributed by atoms with Crippen LogP contribution in [0.25, 0.3) is 22.6 Å². The summed E-state index contributed by atoms with van der Waals surface area (Å²) >= 11 is 0. The van der Waals surface area contributed by atoms with Gasteiger partial charge in [0.1, 0.15) is 17.2 Å². The Bertz CT molecular complexity index is 1330. The summed E-state index contributed by atoms with van der Waals surface area (Å²) in [5.74, 6) is 0.451. The number of alkyl halides is 3. The lowest BCUT2D eigenvalue weighted by atomic mass is 10.2. The SMILES string of the molecule is CCS(=O)(=O)c1cc(N(C)C(=N)C2CC2)cnc1-c1nc2cc(C(F)(F)F)ncc2n1C. The zero-order chi connectivity index (χ0) is 23.4. The highest BCUT2D eigenvalue weighted by atomic mass is 32.2. The smallest absolute Gasteiger partial charge is 0.332 e. The zero-order valence-electron chi connectivity index (χ0n) is 17.6. The number of halogens is 3. The molecule has 8 nitrogen and oxygen atoms in total. The molecule has 4 rings (SSSR count). The molecule has 1 saturated carbocycles. The number of hydrogen-bond donors (Lipinski definition) is 1. The Labute approximate surface area is 182 Å². The summed E-state index contributed by atoms with van der Waals surface area (Å²) in [4.78, 5) is 13.5. The average molecular weight is 466 g/mol. The molecule has 32 heavy (non-hydrogen) atoms. The first kappa shape index (κ1) is 22.2. The molecule has 1 aliphatic rings. The van der Waals surface area contributed by atoms with E-state index < -0.39 is 21.7 Å². The van der Waals surface area contributed by atoms with E-state index >= 15 is 0 Å². The van der Waals surface area contributed by atoms with Crippen LogP contribution in [-0.4, -0.2) is 46.6 Å². The molecular formula is C20H21F3N6O2S. The molecule has 1 N–H and O–H groups in total. The predicted molar refractivity (Wildman–Crippen MR) is 113 cm³/mol. The molecule has 12 heteroatoms. The maximum Gasteiger partial charge on any atom is 0.433 e. The van der Waals surface area contributed by atoms with Gasteiger partial charge in [-0.15, -0.1) is 0 Å². The first-order valence-electron chi connectivity index (χ1n) is 9.89. The fourth-order valence-corrected chi connectivity index (χ4v) is 4.45. The Morgan fingerprint density at radius 3 is 2.53 bits per heavy atom. The standard InChI is InChI=1S/C20H21F3N6O2S/c1-4-32(30,31)15-7-12(28(2)18(24)11-5-6-11)9-26-17(15)19-27-13-8-16(20(21,22)23)25-10-14(13)29(19)3/h7-11,24H,4-6H2,1-3H3. The number of nitrogens with zero attached hydrogens (tertiary/aromatic N) is 5. The number of hydrogen-bond acceptors (Lipinski definition) is 6. The Morgan fingerprint density at radius 1 is 1.25 bits per heavy atom. The minimum absolute atomic E-state index is 0.0307. The summed E-state index contributed by atoms with van der Waals surface area (Å²) in [5, 5.41) is 8.25. The third kappa shape index (κ3) is 3.83. The van der Waals surface area contributed by atoms with Gasteiger partial charge < -0.3 is 9.47 Å². The number of sulfone groups is 1. The second-order valence-corrected chi connectivity index (χ2v) is 9.96. The van der Waals surface area contributed by atoms with Crippen molar-refractivity contribution in [3.8, 4) is 11.5 Å². The van der Waals surface area contributed by atoms with Crippen LogP contribution in [0.1, 0.15) is 25.5 Å². The molecule has 3 heterocycles. The van der Waals surface area contributed by atoms with Gasteiger partial charge in [-0.05, 0) is 25.0 Å². The molecule has 3 aromatic rings. The Kier molecular flexibility index (Phi) is 5.23. The quantitative estimate of drug-likeness (QED) is 0.455. The van der Waals surface area contributed by atoms with Crippen molar-refractivity contribution in [2.45, 2.75) is 30.8 Å². The van der Waals surface area contributed by atoms with Gasteiger partial charge in [-0.1, -0.05) is 6.92 Å². The normalized spacial score (nSPS) is 14.7. The molecule has 1 fully saturated rings. The number of pyridine rings is 2. The fourth-order valence-electron chi connectivity index (χ4n) is 3.40. The molecule has 1 aliphatic carbocycles. The van der Waals surface area contributed by atoms with Crippen LogP contribution in [0.3, 0.4) is 0 Å². The van der Waals surface area contributed by atoms with E-state index in [1.165, 1.54) is 23.8 Å². The largest absolute Gasteiger partial charge is 0.433 e. The molecular weight excluding hydrogens is 445 g/mol. The van der Waals surface area contributed by atoms with Gasteiger partial charge >= 0.3 is 6.18 Å². The summed E-state index contributed by atoms with van der Waals surface area (Å²) in [6, 6.07) is 2.27. The summed E-state index contributed by atoms with van der Waals surface area (Å²) in [6.45, 7) is 1.50. The monoisotopic (exact) mass is 466 g/mol. The number of amidine groups is 1. The number of rotatable bonds is 5. The van der Waals surface area contributed by atoms with E-state index in [0.29, 0.717) is 17.0 Å². The maximum atomic E-state index is 13.0. The predicted octanol–water partition coefficient (Wildman–Crippen LogP) is 3.67.